The predicted octanol–water partition coefficient (Wildman–Crippen LogP) is 1.94. The van der Waals surface area contributed by atoms with Crippen molar-refractivity contribution in [2.75, 3.05) is 33.3 Å². The zero-order valence-electron chi connectivity index (χ0n) is 13.8. The number of carbonyl (C=O) groups is 2. The van der Waals surface area contributed by atoms with Crippen molar-refractivity contribution in [3.8, 4) is 0 Å². The number of methoxy groups -OCH3 is 1. The maximum absolute atomic E-state index is 11.9. The van der Waals surface area contributed by atoms with E-state index in [2.05, 4.69) is 39.2 Å². The van der Waals surface area contributed by atoms with Crippen LogP contribution >= 0.6 is 0 Å². The van der Waals surface area contributed by atoms with Crippen molar-refractivity contribution >= 4 is 11.9 Å². The van der Waals surface area contributed by atoms with E-state index in [0.29, 0.717) is 31.8 Å². The van der Waals surface area contributed by atoms with E-state index >= 15 is 0 Å². The Morgan fingerprint density at radius 1 is 1.22 bits per heavy atom. The van der Waals surface area contributed by atoms with Crippen molar-refractivity contribution in [3.05, 3.63) is 35.9 Å². The lowest BCUT2D eigenvalue weighted by Crippen LogP contribution is -2.41. The highest BCUT2D eigenvalue weighted by molar-refractivity contribution is 5.78. The number of rotatable bonds is 7. The van der Waals surface area contributed by atoms with Crippen LogP contribution in [0.2, 0.25) is 0 Å². The maximum atomic E-state index is 11.9. The highest BCUT2D eigenvalue weighted by Crippen LogP contribution is 2.27. The van der Waals surface area contributed by atoms with Crippen molar-refractivity contribution in [2.24, 2.45) is 0 Å². The van der Waals surface area contributed by atoms with Gasteiger partial charge in [-0.1, -0.05) is 30.3 Å². The summed E-state index contributed by atoms with van der Waals surface area (Å²) in [6, 6.07) is 10.6. The fourth-order valence-corrected chi connectivity index (χ4v) is 2.97. The smallest absolute Gasteiger partial charge is 0.305 e. The molecule has 1 amide bonds. The van der Waals surface area contributed by atoms with Gasteiger partial charge in [0.15, 0.2) is 0 Å². The van der Waals surface area contributed by atoms with E-state index < -0.39 is 0 Å². The first-order chi connectivity index (χ1) is 11.2. The quantitative estimate of drug-likeness (QED) is 0.616. The first-order valence-electron chi connectivity index (χ1n) is 8.30. The lowest BCUT2D eigenvalue weighted by atomic mass is 9.89. The molecule has 1 fully saturated rings. The van der Waals surface area contributed by atoms with Gasteiger partial charge in [-0.2, -0.15) is 0 Å². The topological polar surface area (TPSA) is 58.6 Å². The summed E-state index contributed by atoms with van der Waals surface area (Å²) < 4.78 is 4.57. The number of piperidine rings is 1. The first-order valence-corrected chi connectivity index (χ1v) is 8.30. The van der Waals surface area contributed by atoms with Crippen molar-refractivity contribution < 1.29 is 14.3 Å². The van der Waals surface area contributed by atoms with Gasteiger partial charge in [-0.05, 0) is 43.8 Å². The second kappa shape index (κ2) is 9.30. The molecule has 1 aromatic carbocycles. The SMILES string of the molecule is COC(=O)CCCNC(=O)CN1CCC(c2ccccc2)CC1. The fourth-order valence-electron chi connectivity index (χ4n) is 2.97. The Labute approximate surface area is 138 Å². The number of ether oxygens (including phenoxy) is 1. The van der Waals surface area contributed by atoms with Crippen LogP contribution in [-0.2, 0) is 14.3 Å². The van der Waals surface area contributed by atoms with Gasteiger partial charge in [-0.25, -0.2) is 0 Å². The van der Waals surface area contributed by atoms with Crippen LogP contribution in [0.4, 0.5) is 0 Å². The zero-order chi connectivity index (χ0) is 16.5. The largest absolute Gasteiger partial charge is 0.469 e. The number of esters is 1. The number of nitrogens with zero attached hydrogens (tertiary/aromatic N) is 1. The summed E-state index contributed by atoms with van der Waals surface area (Å²) in [7, 11) is 1.37. The minimum absolute atomic E-state index is 0.0352. The molecule has 5 nitrogen and oxygen atoms in total. The van der Waals surface area contributed by atoms with E-state index in [1.54, 1.807) is 0 Å². The maximum Gasteiger partial charge on any atom is 0.305 e. The molecule has 2 rings (SSSR count). The third-order valence-electron chi connectivity index (χ3n) is 4.33. The molecular formula is C18H26N2O3. The molecule has 0 bridgehead atoms. The number of hydrogen-bond acceptors (Lipinski definition) is 4. The number of hydrogen-bond donors (Lipinski definition) is 1. The van der Waals surface area contributed by atoms with Crippen LogP contribution in [0.15, 0.2) is 30.3 Å². The molecule has 126 valence electrons. The number of amides is 1. The summed E-state index contributed by atoms with van der Waals surface area (Å²) in [5, 5.41) is 2.86. The van der Waals surface area contributed by atoms with Gasteiger partial charge in [0.25, 0.3) is 0 Å². The molecule has 0 atom stereocenters. The van der Waals surface area contributed by atoms with E-state index in [-0.39, 0.29) is 11.9 Å². The standard InChI is InChI=1S/C18H26N2O3/c1-23-18(22)8-5-11-19-17(21)14-20-12-9-16(10-13-20)15-6-3-2-4-7-15/h2-4,6-7,16H,5,8-14H2,1H3,(H,19,21). The molecule has 0 spiro atoms. The summed E-state index contributed by atoms with van der Waals surface area (Å²) in [6.45, 7) is 2.87. The lowest BCUT2D eigenvalue weighted by Gasteiger charge is -2.31. The molecule has 0 unspecified atom stereocenters. The van der Waals surface area contributed by atoms with Crippen LogP contribution in [0.5, 0.6) is 0 Å². The third-order valence-corrected chi connectivity index (χ3v) is 4.33. The van der Waals surface area contributed by atoms with Crippen LogP contribution in [0.3, 0.4) is 0 Å². The lowest BCUT2D eigenvalue weighted by molar-refractivity contribution is -0.140. The Balaban J connectivity index is 1.62. The summed E-state index contributed by atoms with van der Waals surface area (Å²) in [5.41, 5.74) is 1.40. The highest BCUT2D eigenvalue weighted by atomic mass is 16.5. The van der Waals surface area contributed by atoms with Gasteiger partial charge in [0.2, 0.25) is 5.91 Å². The van der Waals surface area contributed by atoms with Crippen molar-refractivity contribution in [1.29, 1.82) is 0 Å². The van der Waals surface area contributed by atoms with Gasteiger partial charge in [0.1, 0.15) is 0 Å². The van der Waals surface area contributed by atoms with Crippen molar-refractivity contribution in [1.82, 2.24) is 10.2 Å². The molecule has 1 aromatic rings. The van der Waals surface area contributed by atoms with Gasteiger partial charge < -0.3 is 10.1 Å². The van der Waals surface area contributed by atoms with Crippen molar-refractivity contribution in [2.45, 2.75) is 31.6 Å². The van der Waals surface area contributed by atoms with Gasteiger partial charge in [-0.3, -0.25) is 14.5 Å². The highest BCUT2D eigenvalue weighted by Gasteiger charge is 2.21. The first kappa shape index (κ1) is 17.5. The molecule has 1 heterocycles. The Morgan fingerprint density at radius 3 is 2.57 bits per heavy atom. The average Bonchev–Trinajstić information content (AvgIpc) is 2.60. The van der Waals surface area contributed by atoms with Gasteiger partial charge in [0, 0.05) is 13.0 Å². The Kier molecular flexibility index (Phi) is 7.07. The van der Waals surface area contributed by atoms with Gasteiger partial charge >= 0.3 is 5.97 Å². The molecule has 0 radical (unpaired) electrons. The molecule has 1 N–H and O–H groups in total. The Morgan fingerprint density at radius 2 is 1.91 bits per heavy atom. The normalized spacial score (nSPS) is 16.0. The Bertz CT molecular complexity index is 496. The van der Waals surface area contributed by atoms with Crippen LogP contribution in [0, 0.1) is 0 Å². The fraction of sp³-hybridized carbons (Fsp3) is 0.556. The number of carbonyl (C=O) groups excluding carboxylic acids is 2. The second-order valence-corrected chi connectivity index (χ2v) is 5.99. The number of likely N-dealkylation sites (tertiary alicyclic amines) is 1. The molecule has 1 aliphatic rings. The molecule has 5 heteroatoms. The number of benzene rings is 1. The predicted molar refractivity (Wildman–Crippen MR) is 89.1 cm³/mol. The van der Waals surface area contributed by atoms with Gasteiger partial charge in [0.05, 0.1) is 13.7 Å². The minimum atomic E-state index is -0.234. The van der Waals surface area contributed by atoms with E-state index in [0.717, 1.165) is 25.9 Å². The second-order valence-electron chi connectivity index (χ2n) is 5.99. The van der Waals surface area contributed by atoms with E-state index in [1.807, 2.05) is 6.07 Å². The molecule has 0 saturated carbocycles. The summed E-state index contributed by atoms with van der Waals surface area (Å²) in [4.78, 5) is 25.1. The van der Waals surface area contributed by atoms with E-state index in [1.165, 1.54) is 12.7 Å². The molecule has 23 heavy (non-hydrogen) atoms. The van der Waals surface area contributed by atoms with Crippen LogP contribution in [0.25, 0.3) is 0 Å². The molecular weight excluding hydrogens is 292 g/mol. The summed E-state index contributed by atoms with van der Waals surface area (Å²) in [5.74, 6) is 0.408. The molecule has 0 aliphatic carbocycles. The monoisotopic (exact) mass is 318 g/mol. The van der Waals surface area contributed by atoms with Crippen LogP contribution in [-0.4, -0.2) is 50.1 Å². The van der Waals surface area contributed by atoms with Crippen molar-refractivity contribution in [3.63, 3.8) is 0 Å². The summed E-state index contributed by atoms with van der Waals surface area (Å²) >= 11 is 0. The minimum Gasteiger partial charge on any atom is -0.469 e. The van der Waals surface area contributed by atoms with Gasteiger partial charge in [-0.15, -0.1) is 0 Å². The average molecular weight is 318 g/mol. The van der Waals surface area contributed by atoms with E-state index in [9.17, 15) is 9.59 Å². The molecule has 0 aromatic heterocycles. The summed E-state index contributed by atoms with van der Waals surface area (Å²) in [6.07, 6.45) is 3.16. The number of nitrogens with one attached hydrogen (secondary N) is 1. The third kappa shape index (κ3) is 6.02. The van der Waals surface area contributed by atoms with Crippen LogP contribution in [0.1, 0.15) is 37.2 Å². The molecule has 1 saturated heterocycles. The zero-order valence-corrected chi connectivity index (χ0v) is 13.8. The molecule has 1 aliphatic heterocycles. The van der Waals surface area contributed by atoms with Crippen LogP contribution < -0.4 is 5.32 Å². The Hall–Kier alpha value is -1.88. The van der Waals surface area contributed by atoms with E-state index in [4.69, 9.17) is 0 Å².